The lowest BCUT2D eigenvalue weighted by atomic mass is 9.94. The minimum atomic E-state index is -0.0179. The lowest BCUT2D eigenvalue weighted by Gasteiger charge is -2.24. The van der Waals surface area contributed by atoms with E-state index in [1.165, 1.54) is 25.7 Å². The zero-order valence-corrected chi connectivity index (χ0v) is 18.6. The average Bonchev–Trinajstić information content (AvgIpc) is 3.20. The molecule has 0 aromatic carbocycles. The average molecular weight is 463 g/mol. The molecule has 1 saturated carbocycles. The lowest BCUT2D eigenvalue weighted by Crippen LogP contribution is -2.42. The van der Waals surface area contributed by atoms with Crippen LogP contribution in [0.4, 0.5) is 0 Å². The summed E-state index contributed by atoms with van der Waals surface area (Å²) in [5.74, 6) is 2.37. The summed E-state index contributed by atoms with van der Waals surface area (Å²) in [4.78, 5) is 11.0. The van der Waals surface area contributed by atoms with Gasteiger partial charge in [0.15, 0.2) is 5.96 Å². The van der Waals surface area contributed by atoms with E-state index in [9.17, 15) is 0 Å². The van der Waals surface area contributed by atoms with Crippen molar-refractivity contribution in [3.8, 4) is 0 Å². The van der Waals surface area contributed by atoms with Gasteiger partial charge in [0.2, 0.25) is 5.89 Å². The summed E-state index contributed by atoms with van der Waals surface area (Å²) >= 11 is 0. The number of likely N-dealkylation sites (N-methyl/N-ethyl adjacent to an activating group) is 1. The van der Waals surface area contributed by atoms with Gasteiger partial charge in [0.1, 0.15) is 5.76 Å². The second kappa shape index (κ2) is 10.4. The van der Waals surface area contributed by atoms with E-state index in [2.05, 4.69) is 53.3 Å². The Morgan fingerprint density at radius 3 is 2.56 bits per heavy atom. The largest absolute Gasteiger partial charge is 0.443 e. The van der Waals surface area contributed by atoms with Crippen molar-refractivity contribution in [3.63, 3.8) is 0 Å². The van der Waals surface area contributed by atoms with Crippen molar-refractivity contribution in [1.29, 1.82) is 0 Å². The highest BCUT2D eigenvalue weighted by Gasteiger charge is 2.20. The molecule has 1 aliphatic carbocycles. The fraction of sp³-hybridized carbons (Fsp3) is 0.778. The Balaban J connectivity index is 0.00000312. The minimum Gasteiger partial charge on any atom is -0.443 e. The van der Waals surface area contributed by atoms with Gasteiger partial charge >= 0.3 is 0 Å². The molecule has 1 fully saturated rings. The molecular weight excluding hydrogens is 429 g/mol. The molecule has 1 aliphatic rings. The molecule has 0 aliphatic heterocycles. The maximum absolute atomic E-state index is 5.79. The van der Waals surface area contributed by atoms with Gasteiger partial charge in [-0.1, -0.05) is 33.6 Å². The molecule has 7 heteroatoms. The van der Waals surface area contributed by atoms with Crippen molar-refractivity contribution in [3.05, 3.63) is 17.8 Å². The fourth-order valence-corrected chi connectivity index (χ4v) is 3.00. The lowest BCUT2D eigenvalue weighted by molar-refractivity contribution is 0.249. The molecule has 0 atom stereocenters. The summed E-state index contributed by atoms with van der Waals surface area (Å²) in [6.45, 7) is 8.79. The van der Waals surface area contributed by atoms with Gasteiger partial charge in [-0.3, -0.25) is 4.99 Å². The van der Waals surface area contributed by atoms with Crippen LogP contribution >= 0.6 is 24.0 Å². The third-order valence-electron chi connectivity index (χ3n) is 4.63. The first-order chi connectivity index (χ1) is 11.4. The first-order valence-electron chi connectivity index (χ1n) is 9.00. The fourth-order valence-electron chi connectivity index (χ4n) is 3.00. The Bertz CT molecular complexity index is 532. The van der Waals surface area contributed by atoms with Gasteiger partial charge in [-0.15, -0.1) is 24.0 Å². The van der Waals surface area contributed by atoms with Crippen LogP contribution in [0.2, 0.25) is 0 Å². The van der Waals surface area contributed by atoms with Crippen LogP contribution in [-0.2, 0) is 12.0 Å². The predicted molar refractivity (Wildman–Crippen MR) is 114 cm³/mol. The quantitative estimate of drug-likeness (QED) is 0.386. The third kappa shape index (κ3) is 7.13. The summed E-state index contributed by atoms with van der Waals surface area (Å²) in [5, 5.41) is 6.62. The summed E-state index contributed by atoms with van der Waals surface area (Å²) in [5.41, 5.74) is -0.0179. The summed E-state index contributed by atoms with van der Waals surface area (Å²) in [6.07, 6.45) is 7.23. The number of nitrogens with one attached hydrogen (secondary N) is 2. The van der Waals surface area contributed by atoms with Gasteiger partial charge in [-0.05, 0) is 19.9 Å². The van der Waals surface area contributed by atoms with Crippen LogP contribution in [0.5, 0.6) is 0 Å². The van der Waals surface area contributed by atoms with Gasteiger partial charge < -0.3 is 20.0 Å². The topological polar surface area (TPSA) is 65.7 Å². The smallest absolute Gasteiger partial charge is 0.213 e. The molecule has 6 nitrogen and oxygen atoms in total. The standard InChI is InChI=1S/C18H33N5O.HI/c1-18(2,3)15-12-21-16(24-15)13-22-17(19-4)20-10-11-23(5)14-8-6-7-9-14;/h12,14H,6-11,13H2,1-5H3,(H2,19,20,22);1H. The third-order valence-corrected chi connectivity index (χ3v) is 4.63. The van der Waals surface area contributed by atoms with E-state index >= 15 is 0 Å². The molecule has 0 amide bonds. The molecule has 0 radical (unpaired) electrons. The molecule has 1 aromatic rings. The number of aromatic nitrogens is 1. The summed E-state index contributed by atoms with van der Waals surface area (Å²) in [7, 11) is 4.00. The Labute approximate surface area is 169 Å². The van der Waals surface area contributed by atoms with E-state index in [0.717, 1.165) is 30.9 Å². The van der Waals surface area contributed by atoms with Gasteiger partial charge in [0, 0.05) is 31.6 Å². The van der Waals surface area contributed by atoms with E-state index in [-0.39, 0.29) is 29.4 Å². The Morgan fingerprint density at radius 1 is 1.32 bits per heavy atom. The molecule has 144 valence electrons. The van der Waals surface area contributed by atoms with Crippen LogP contribution in [0.15, 0.2) is 15.6 Å². The minimum absolute atomic E-state index is 0. The molecule has 0 spiro atoms. The first kappa shape index (κ1) is 22.2. The SMILES string of the molecule is CN=C(NCCN(C)C1CCCC1)NCc1ncc(C(C)(C)C)o1.I. The Hall–Kier alpha value is -0.830. The van der Waals surface area contributed by atoms with Gasteiger partial charge in [-0.2, -0.15) is 0 Å². The molecule has 0 saturated heterocycles. The van der Waals surface area contributed by atoms with Crippen molar-refractivity contribution >= 4 is 29.9 Å². The molecule has 0 unspecified atom stereocenters. The van der Waals surface area contributed by atoms with Gasteiger partial charge in [0.25, 0.3) is 0 Å². The molecule has 1 heterocycles. The van der Waals surface area contributed by atoms with Crippen LogP contribution in [-0.4, -0.2) is 49.1 Å². The van der Waals surface area contributed by atoms with Crippen molar-refractivity contribution in [2.45, 2.75) is 64.5 Å². The summed E-state index contributed by atoms with van der Waals surface area (Å²) < 4.78 is 5.79. The molecule has 1 aromatic heterocycles. The second-order valence-electron chi connectivity index (χ2n) is 7.64. The predicted octanol–water partition coefficient (Wildman–Crippen LogP) is 3.13. The van der Waals surface area contributed by atoms with Crippen LogP contribution in [0.1, 0.15) is 58.1 Å². The van der Waals surface area contributed by atoms with Crippen LogP contribution in [0.3, 0.4) is 0 Å². The number of hydrogen-bond acceptors (Lipinski definition) is 4. The molecule has 25 heavy (non-hydrogen) atoms. The van der Waals surface area contributed by atoms with Crippen LogP contribution < -0.4 is 10.6 Å². The summed E-state index contributed by atoms with van der Waals surface area (Å²) in [6, 6.07) is 0.755. The molecule has 0 bridgehead atoms. The molecule has 2 N–H and O–H groups in total. The van der Waals surface area contributed by atoms with E-state index in [1.807, 2.05) is 6.20 Å². The van der Waals surface area contributed by atoms with Crippen molar-refractivity contribution < 1.29 is 4.42 Å². The van der Waals surface area contributed by atoms with Gasteiger partial charge in [0.05, 0.1) is 12.7 Å². The van der Waals surface area contributed by atoms with E-state index in [0.29, 0.717) is 12.4 Å². The van der Waals surface area contributed by atoms with Crippen molar-refractivity contribution in [1.82, 2.24) is 20.5 Å². The number of nitrogens with zero attached hydrogens (tertiary/aromatic N) is 3. The molecule has 2 rings (SSSR count). The zero-order chi connectivity index (χ0) is 17.6. The maximum Gasteiger partial charge on any atom is 0.213 e. The second-order valence-corrected chi connectivity index (χ2v) is 7.64. The number of halogens is 1. The first-order valence-corrected chi connectivity index (χ1v) is 9.00. The number of oxazole rings is 1. The van der Waals surface area contributed by atoms with Crippen molar-refractivity contribution in [2.75, 3.05) is 27.2 Å². The highest BCUT2D eigenvalue weighted by Crippen LogP contribution is 2.23. The highest BCUT2D eigenvalue weighted by molar-refractivity contribution is 14.0. The zero-order valence-electron chi connectivity index (χ0n) is 16.3. The molecular formula is C18H34IN5O. The number of guanidine groups is 1. The van der Waals surface area contributed by atoms with Crippen LogP contribution in [0.25, 0.3) is 0 Å². The van der Waals surface area contributed by atoms with Crippen LogP contribution in [0, 0.1) is 0 Å². The van der Waals surface area contributed by atoms with Gasteiger partial charge in [-0.25, -0.2) is 4.98 Å². The number of hydrogen-bond donors (Lipinski definition) is 2. The maximum atomic E-state index is 5.79. The van der Waals surface area contributed by atoms with Crippen molar-refractivity contribution in [2.24, 2.45) is 4.99 Å². The number of aliphatic imine (C=N–C) groups is 1. The van der Waals surface area contributed by atoms with E-state index < -0.39 is 0 Å². The Morgan fingerprint density at radius 2 is 2.00 bits per heavy atom. The highest BCUT2D eigenvalue weighted by atomic mass is 127. The monoisotopic (exact) mass is 463 g/mol. The normalized spacial score (nSPS) is 16.2. The van der Waals surface area contributed by atoms with E-state index in [4.69, 9.17) is 4.42 Å². The van der Waals surface area contributed by atoms with E-state index in [1.54, 1.807) is 7.05 Å². The number of rotatable bonds is 6. The Kier molecular flexibility index (Phi) is 9.20.